The molecule has 0 aliphatic heterocycles. The van der Waals surface area contributed by atoms with E-state index < -0.39 is 0 Å². The Bertz CT molecular complexity index is 368. The zero-order chi connectivity index (χ0) is 17.3. The van der Waals surface area contributed by atoms with Crippen molar-refractivity contribution in [2.45, 2.75) is 104 Å². The predicted molar refractivity (Wildman–Crippen MR) is 107 cm³/mol. The van der Waals surface area contributed by atoms with Crippen LogP contribution in [0.1, 0.15) is 102 Å². The summed E-state index contributed by atoms with van der Waals surface area (Å²) in [4.78, 5) is 0. The lowest BCUT2D eigenvalue weighted by Crippen LogP contribution is -1.95. The van der Waals surface area contributed by atoms with E-state index in [1.54, 1.807) is 0 Å². The van der Waals surface area contributed by atoms with E-state index in [0.29, 0.717) is 0 Å². The van der Waals surface area contributed by atoms with Crippen LogP contribution in [0.25, 0.3) is 0 Å². The van der Waals surface area contributed by atoms with Crippen molar-refractivity contribution >= 4 is 0 Å². The van der Waals surface area contributed by atoms with E-state index >= 15 is 0 Å². The second-order valence-corrected chi connectivity index (χ2v) is 7.15. The standard InChI is InChI=1S/C23H40O/c1-3-5-7-8-9-10-11-12-13-14-15-22-16-18-23(19-17-22)21-24-20-6-4-2/h16-19H,3-15,20-21H2,1-2H3. The van der Waals surface area contributed by atoms with E-state index in [1.165, 1.54) is 88.2 Å². The fourth-order valence-electron chi connectivity index (χ4n) is 3.06. The topological polar surface area (TPSA) is 9.23 Å². The first kappa shape index (κ1) is 21.2. The van der Waals surface area contributed by atoms with Crippen LogP contribution in [-0.2, 0) is 17.8 Å². The molecule has 0 saturated carbocycles. The van der Waals surface area contributed by atoms with Crippen LogP contribution in [0.3, 0.4) is 0 Å². The summed E-state index contributed by atoms with van der Waals surface area (Å²) < 4.78 is 5.67. The number of rotatable bonds is 16. The summed E-state index contributed by atoms with van der Waals surface area (Å²) >= 11 is 0. The highest BCUT2D eigenvalue weighted by molar-refractivity contribution is 5.22. The zero-order valence-electron chi connectivity index (χ0n) is 16.3. The Hall–Kier alpha value is -0.820. The molecule has 0 heterocycles. The smallest absolute Gasteiger partial charge is 0.0716 e. The maximum atomic E-state index is 5.67. The molecule has 1 rings (SSSR count). The molecule has 0 radical (unpaired) electrons. The molecule has 0 atom stereocenters. The zero-order valence-corrected chi connectivity index (χ0v) is 16.3. The van der Waals surface area contributed by atoms with Crippen LogP contribution >= 0.6 is 0 Å². The van der Waals surface area contributed by atoms with E-state index in [2.05, 4.69) is 38.1 Å². The van der Waals surface area contributed by atoms with Gasteiger partial charge in [-0.3, -0.25) is 0 Å². The average molecular weight is 333 g/mol. The molecule has 0 spiro atoms. The van der Waals surface area contributed by atoms with Gasteiger partial charge in [-0.1, -0.05) is 102 Å². The number of hydrogen-bond donors (Lipinski definition) is 0. The largest absolute Gasteiger partial charge is 0.377 e. The third-order valence-electron chi connectivity index (χ3n) is 4.75. The summed E-state index contributed by atoms with van der Waals surface area (Å²) in [6.07, 6.45) is 17.7. The van der Waals surface area contributed by atoms with Gasteiger partial charge in [-0.15, -0.1) is 0 Å². The SMILES string of the molecule is CCCCCCCCCCCCc1ccc(COCCCC)cc1. The summed E-state index contributed by atoms with van der Waals surface area (Å²) in [5.41, 5.74) is 2.78. The summed E-state index contributed by atoms with van der Waals surface area (Å²) in [5.74, 6) is 0. The van der Waals surface area contributed by atoms with Crippen LogP contribution in [0.2, 0.25) is 0 Å². The molecule has 0 aliphatic rings. The van der Waals surface area contributed by atoms with Crippen molar-refractivity contribution in [3.8, 4) is 0 Å². The first-order valence-corrected chi connectivity index (χ1v) is 10.5. The molecule has 0 fully saturated rings. The molecule has 1 aromatic carbocycles. The van der Waals surface area contributed by atoms with Crippen molar-refractivity contribution in [3.05, 3.63) is 35.4 Å². The third-order valence-corrected chi connectivity index (χ3v) is 4.75. The first-order valence-electron chi connectivity index (χ1n) is 10.5. The molecule has 0 N–H and O–H groups in total. The van der Waals surface area contributed by atoms with Crippen molar-refractivity contribution in [3.63, 3.8) is 0 Å². The number of unbranched alkanes of at least 4 members (excludes halogenated alkanes) is 10. The number of benzene rings is 1. The molecule has 0 aliphatic carbocycles. The monoisotopic (exact) mass is 332 g/mol. The third kappa shape index (κ3) is 11.7. The van der Waals surface area contributed by atoms with Crippen molar-refractivity contribution in [2.75, 3.05) is 6.61 Å². The molecule has 138 valence electrons. The van der Waals surface area contributed by atoms with E-state index in [-0.39, 0.29) is 0 Å². The van der Waals surface area contributed by atoms with Crippen molar-refractivity contribution < 1.29 is 4.74 Å². The molecule has 0 amide bonds. The second-order valence-electron chi connectivity index (χ2n) is 7.15. The fourth-order valence-corrected chi connectivity index (χ4v) is 3.06. The van der Waals surface area contributed by atoms with Gasteiger partial charge in [-0.2, -0.15) is 0 Å². The van der Waals surface area contributed by atoms with Crippen LogP contribution in [0, 0.1) is 0 Å². The molecule has 0 saturated heterocycles. The van der Waals surface area contributed by atoms with Crippen molar-refractivity contribution in [2.24, 2.45) is 0 Å². The lowest BCUT2D eigenvalue weighted by molar-refractivity contribution is 0.118. The Kier molecular flexibility index (Phi) is 13.9. The molecule has 0 bridgehead atoms. The molecule has 1 heteroatoms. The maximum absolute atomic E-state index is 5.67. The Morgan fingerprint density at radius 1 is 0.583 bits per heavy atom. The van der Waals surface area contributed by atoms with Crippen LogP contribution in [0.4, 0.5) is 0 Å². The Labute approximate surface area is 151 Å². The highest BCUT2D eigenvalue weighted by Gasteiger charge is 1.97. The molecular weight excluding hydrogens is 292 g/mol. The van der Waals surface area contributed by atoms with Gasteiger partial charge in [-0.25, -0.2) is 0 Å². The lowest BCUT2D eigenvalue weighted by Gasteiger charge is -2.06. The molecular formula is C23H40O. The van der Waals surface area contributed by atoms with Gasteiger partial charge in [-0.05, 0) is 30.4 Å². The van der Waals surface area contributed by atoms with Gasteiger partial charge >= 0.3 is 0 Å². The lowest BCUT2D eigenvalue weighted by atomic mass is 10.0. The molecule has 0 unspecified atom stereocenters. The average Bonchev–Trinajstić information content (AvgIpc) is 2.61. The minimum Gasteiger partial charge on any atom is -0.377 e. The Morgan fingerprint density at radius 2 is 1.08 bits per heavy atom. The molecule has 0 aromatic heterocycles. The van der Waals surface area contributed by atoms with Crippen LogP contribution in [-0.4, -0.2) is 6.61 Å². The summed E-state index contributed by atoms with van der Waals surface area (Å²) in [6.45, 7) is 6.13. The van der Waals surface area contributed by atoms with Crippen LogP contribution in [0.15, 0.2) is 24.3 Å². The Morgan fingerprint density at radius 3 is 1.67 bits per heavy atom. The summed E-state index contributed by atoms with van der Waals surface area (Å²) in [5, 5.41) is 0. The van der Waals surface area contributed by atoms with Gasteiger partial charge in [0.15, 0.2) is 0 Å². The van der Waals surface area contributed by atoms with Gasteiger partial charge in [0.1, 0.15) is 0 Å². The maximum Gasteiger partial charge on any atom is 0.0716 e. The molecule has 1 nitrogen and oxygen atoms in total. The van der Waals surface area contributed by atoms with E-state index in [1.807, 2.05) is 0 Å². The number of aryl methyl sites for hydroxylation is 1. The van der Waals surface area contributed by atoms with E-state index in [0.717, 1.165) is 19.6 Å². The fraction of sp³-hybridized carbons (Fsp3) is 0.739. The van der Waals surface area contributed by atoms with Gasteiger partial charge in [0.05, 0.1) is 6.61 Å². The Balaban J connectivity index is 1.97. The number of ether oxygens (including phenoxy) is 1. The highest BCUT2D eigenvalue weighted by Crippen LogP contribution is 2.13. The molecule has 1 aromatic rings. The predicted octanol–water partition coefficient (Wildman–Crippen LogP) is 7.47. The molecule has 24 heavy (non-hydrogen) atoms. The van der Waals surface area contributed by atoms with E-state index in [4.69, 9.17) is 4.74 Å². The van der Waals surface area contributed by atoms with Gasteiger partial charge in [0, 0.05) is 6.61 Å². The van der Waals surface area contributed by atoms with Crippen molar-refractivity contribution in [1.29, 1.82) is 0 Å². The van der Waals surface area contributed by atoms with Crippen LogP contribution in [0.5, 0.6) is 0 Å². The van der Waals surface area contributed by atoms with Crippen molar-refractivity contribution in [1.82, 2.24) is 0 Å². The van der Waals surface area contributed by atoms with Crippen LogP contribution < -0.4 is 0 Å². The minimum absolute atomic E-state index is 0.762. The van der Waals surface area contributed by atoms with Gasteiger partial charge in [0.25, 0.3) is 0 Å². The summed E-state index contributed by atoms with van der Waals surface area (Å²) in [6, 6.07) is 9.04. The second kappa shape index (κ2) is 15.7. The van der Waals surface area contributed by atoms with Gasteiger partial charge < -0.3 is 4.74 Å². The highest BCUT2D eigenvalue weighted by atomic mass is 16.5. The van der Waals surface area contributed by atoms with E-state index in [9.17, 15) is 0 Å². The quantitative estimate of drug-likeness (QED) is 0.285. The van der Waals surface area contributed by atoms with Gasteiger partial charge in [0.2, 0.25) is 0 Å². The normalized spacial score (nSPS) is 11.1. The number of hydrogen-bond acceptors (Lipinski definition) is 1. The minimum atomic E-state index is 0.762. The summed E-state index contributed by atoms with van der Waals surface area (Å²) in [7, 11) is 0. The first-order chi connectivity index (χ1) is 11.9.